The number of hydrogen-bond donors (Lipinski definition) is 1. The van der Waals surface area contributed by atoms with Crippen molar-refractivity contribution in [2.75, 3.05) is 18.5 Å². The zero-order valence-electron chi connectivity index (χ0n) is 17.6. The van der Waals surface area contributed by atoms with Crippen LogP contribution in [0.25, 0.3) is 0 Å². The fourth-order valence-corrected chi connectivity index (χ4v) is 3.04. The topological polar surface area (TPSA) is 56.8 Å². The molecule has 0 saturated carbocycles. The predicted molar refractivity (Wildman–Crippen MR) is 119 cm³/mol. The smallest absolute Gasteiger partial charge is 0.255 e. The molecule has 3 aromatic carbocycles. The predicted octanol–water partition coefficient (Wildman–Crippen LogP) is 5.62. The highest BCUT2D eigenvalue weighted by Crippen LogP contribution is 2.26. The SMILES string of the molecule is CCOc1ccc(C(=O)Nc2ccccc2OCC)cc1COc1cccc(C)c1. The van der Waals surface area contributed by atoms with Crippen LogP contribution in [0, 0.1) is 6.92 Å². The van der Waals surface area contributed by atoms with E-state index in [1.807, 2.05) is 75.4 Å². The van der Waals surface area contributed by atoms with Crippen LogP contribution in [0.4, 0.5) is 5.69 Å². The van der Waals surface area contributed by atoms with Crippen molar-refractivity contribution in [3.05, 3.63) is 83.4 Å². The van der Waals surface area contributed by atoms with Crippen LogP contribution in [-0.2, 0) is 6.61 Å². The second-order valence-corrected chi connectivity index (χ2v) is 6.74. The Balaban J connectivity index is 1.80. The summed E-state index contributed by atoms with van der Waals surface area (Å²) in [5.41, 5.74) is 3.09. The van der Waals surface area contributed by atoms with Gasteiger partial charge >= 0.3 is 0 Å². The number of carbonyl (C=O) groups excluding carboxylic acids is 1. The summed E-state index contributed by atoms with van der Waals surface area (Å²) in [6, 6.07) is 20.6. The molecule has 156 valence electrons. The molecule has 0 unspecified atom stereocenters. The minimum Gasteiger partial charge on any atom is -0.493 e. The zero-order valence-corrected chi connectivity index (χ0v) is 17.6. The second kappa shape index (κ2) is 10.3. The summed E-state index contributed by atoms with van der Waals surface area (Å²) in [4.78, 5) is 12.9. The average Bonchev–Trinajstić information content (AvgIpc) is 2.75. The lowest BCUT2D eigenvalue weighted by atomic mass is 10.1. The van der Waals surface area contributed by atoms with E-state index in [1.54, 1.807) is 12.1 Å². The lowest BCUT2D eigenvalue weighted by Gasteiger charge is -2.15. The second-order valence-electron chi connectivity index (χ2n) is 6.74. The Bertz CT molecular complexity index is 1000. The van der Waals surface area contributed by atoms with Gasteiger partial charge in [0.1, 0.15) is 23.9 Å². The van der Waals surface area contributed by atoms with Crippen molar-refractivity contribution < 1.29 is 19.0 Å². The summed E-state index contributed by atoms with van der Waals surface area (Å²) in [5, 5.41) is 2.93. The number of hydrogen-bond acceptors (Lipinski definition) is 4. The molecule has 3 aromatic rings. The maximum absolute atomic E-state index is 12.9. The zero-order chi connectivity index (χ0) is 21.3. The minimum absolute atomic E-state index is 0.220. The first-order chi connectivity index (χ1) is 14.6. The van der Waals surface area contributed by atoms with Crippen molar-refractivity contribution in [3.63, 3.8) is 0 Å². The van der Waals surface area contributed by atoms with Crippen LogP contribution in [0.5, 0.6) is 17.2 Å². The third-order valence-electron chi connectivity index (χ3n) is 4.44. The van der Waals surface area contributed by atoms with E-state index in [0.29, 0.717) is 42.6 Å². The van der Waals surface area contributed by atoms with Crippen LogP contribution in [0.2, 0.25) is 0 Å². The molecule has 1 amide bonds. The molecule has 0 bridgehead atoms. The van der Waals surface area contributed by atoms with Gasteiger partial charge in [-0.05, 0) is 68.8 Å². The van der Waals surface area contributed by atoms with Gasteiger partial charge in [-0.1, -0.05) is 24.3 Å². The monoisotopic (exact) mass is 405 g/mol. The van der Waals surface area contributed by atoms with Crippen molar-refractivity contribution in [2.24, 2.45) is 0 Å². The third kappa shape index (κ3) is 5.54. The Hall–Kier alpha value is -3.47. The maximum atomic E-state index is 12.9. The van der Waals surface area contributed by atoms with Crippen molar-refractivity contribution in [1.82, 2.24) is 0 Å². The van der Waals surface area contributed by atoms with Gasteiger partial charge in [0.15, 0.2) is 0 Å². The molecule has 1 N–H and O–H groups in total. The number of carbonyl (C=O) groups is 1. The van der Waals surface area contributed by atoms with Gasteiger partial charge in [-0.25, -0.2) is 0 Å². The van der Waals surface area contributed by atoms with Gasteiger partial charge < -0.3 is 19.5 Å². The quantitative estimate of drug-likeness (QED) is 0.502. The van der Waals surface area contributed by atoms with Gasteiger partial charge in [0.25, 0.3) is 5.91 Å². The van der Waals surface area contributed by atoms with Gasteiger partial charge in [-0.15, -0.1) is 0 Å². The highest BCUT2D eigenvalue weighted by Gasteiger charge is 2.13. The molecule has 0 aliphatic rings. The first kappa shape index (κ1) is 21.2. The van der Waals surface area contributed by atoms with Crippen molar-refractivity contribution in [1.29, 1.82) is 0 Å². The van der Waals surface area contributed by atoms with Crippen molar-refractivity contribution in [2.45, 2.75) is 27.4 Å². The van der Waals surface area contributed by atoms with Gasteiger partial charge in [0.05, 0.1) is 18.9 Å². The van der Waals surface area contributed by atoms with Crippen LogP contribution in [0.15, 0.2) is 66.7 Å². The summed E-state index contributed by atoms with van der Waals surface area (Å²) >= 11 is 0. The summed E-state index contributed by atoms with van der Waals surface area (Å²) in [5.74, 6) is 1.90. The molecule has 0 saturated heterocycles. The Morgan fingerprint density at radius 1 is 0.833 bits per heavy atom. The Morgan fingerprint density at radius 3 is 2.37 bits per heavy atom. The van der Waals surface area contributed by atoms with Crippen LogP contribution in [0.1, 0.15) is 35.3 Å². The van der Waals surface area contributed by atoms with E-state index in [1.165, 1.54) is 0 Å². The normalized spacial score (nSPS) is 10.4. The van der Waals surface area contributed by atoms with E-state index in [-0.39, 0.29) is 5.91 Å². The van der Waals surface area contributed by atoms with Crippen LogP contribution < -0.4 is 19.5 Å². The van der Waals surface area contributed by atoms with Crippen LogP contribution in [-0.4, -0.2) is 19.1 Å². The minimum atomic E-state index is -0.220. The largest absolute Gasteiger partial charge is 0.493 e. The van der Waals surface area contributed by atoms with Gasteiger partial charge in [-0.3, -0.25) is 4.79 Å². The van der Waals surface area contributed by atoms with Gasteiger partial charge in [0, 0.05) is 11.1 Å². The first-order valence-corrected chi connectivity index (χ1v) is 10.1. The number of ether oxygens (including phenoxy) is 3. The Morgan fingerprint density at radius 2 is 1.60 bits per heavy atom. The van der Waals surface area contributed by atoms with Gasteiger partial charge in [0.2, 0.25) is 0 Å². The fraction of sp³-hybridized carbons (Fsp3) is 0.240. The lowest BCUT2D eigenvalue weighted by Crippen LogP contribution is -2.14. The molecule has 0 atom stereocenters. The summed E-state index contributed by atoms with van der Waals surface area (Å²) in [7, 11) is 0. The molecular weight excluding hydrogens is 378 g/mol. The van der Waals surface area contributed by atoms with Crippen LogP contribution >= 0.6 is 0 Å². The molecule has 0 heterocycles. The number of anilines is 1. The van der Waals surface area contributed by atoms with E-state index in [2.05, 4.69) is 5.32 Å². The molecular formula is C25H27NO4. The molecule has 0 aromatic heterocycles. The molecule has 0 aliphatic heterocycles. The van der Waals surface area contributed by atoms with E-state index in [4.69, 9.17) is 14.2 Å². The standard InChI is InChI=1S/C25H27NO4/c1-4-28-23-14-13-19(16-20(23)17-30-21-10-8-9-18(3)15-21)25(27)26-22-11-6-7-12-24(22)29-5-2/h6-16H,4-5,17H2,1-3H3,(H,26,27). The number of aryl methyl sites for hydroxylation is 1. The van der Waals surface area contributed by atoms with E-state index < -0.39 is 0 Å². The highest BCUT2D eigenvalue weighted by atomic mass is 16.5. The van der Waals surface area contributed by atoms with E-state index in [0.717, 1.165) is 16.9 Å². The van der Waals surface area contributed by atoms with Crippen LogP contribution in [0.3, 0.4) is 0 Å². The molecule has 0 aliphatic carbocycles. The van der Waals surface area contributed by atoms with Crippen molar-refractivity contribution in [3.8, 4) is 17.2 Å². The third-order valence-corrected chi connectivity index (χ3v) is 4.44. The fourth-order valence-electron chi connectivity index (χ4n) is 3.04. The molecule has 0 radical (unpaired) electrons. The maximum Gasteiger partial charge on any atom is 0.255 e. The number of amides is 1. The first-order valence-electron chi connectivity index (χ1n) is 10.1. The highest BCUT2D eigenvalue weighted by molar-refractivity contribution is 6.05. The molecule has 3 rings (SSSR count). The number of nitrogens with one attached hydrogen (secondary N) is 1. The molecule has 0 spiro atoms. The summed E-state index contributed by atoms with van der Waals surface area (Å²) in [6.45, 7) is 7.21. The number of benzene rings is 3. The Labute approximate surface area is 177 Å². The lowest BCUT2D eigenvalue weighted by molar-refractivity contribution is 0.102. The molecule has 30 heavy (non-hydrogen) atoms. The van der Waals surface area contributed by atoms with Crippen molar-refractivity contribution >= 4 is 11.6 Å². The summed E-state index contributed by atoms with van der Waals surface area (Å²) < 4.78 is 17.2. The average molecular weight is 405 g/mol. The number of para-hydroxylation sites is 2. The van der Waals surface area contributed by atoms with E-state index >= 15 is 0 Å². The summed E-state index contributed by atoms with van der Waals surface area (Å²) in [6.07, 6.45) is 0. The van der Waals surface area contributed by atoms with Gasteiger partial charge in [-0.2, -0.15) is 0 Å². The van der Waals surface area contributed by atoms with E-state index in [9.17, 15) is 4.79 Å². The number of rotatable bonds is 9. The molecule has 0 fully saturated rings. The Kier molecular flexibility index (Phi) is 7.33. The molecule has 5 heteroatoms. The molecule has 5 nitrogen and oxygen atoms in total.